The van der Waals surface area contributed by atoms with Crippen LogP contribution in [0.4, 0.5) is 0 Å². The standard InChI is InChI=1S/C20H27NO6S/c22-16-12-27-17-8-9-21(19(16)17)20(23)18(11-14-5-2-1-3-6-14)28(24,25)13-15-7-4-10-26-15/h4,7,10,14,17-19H,1-3,5-6,8-9,11-13H2/t17?,18-,19?/m0/s1. The zero-order chi connectivity index (χ0) is 19.7. The first-order chi connectivity index (χ1) is 13.5. The molecule has 2 unspecified atom stereocenters. The first-order valence-corrected chi connectivity index (χ1v) is 11.9. The average Bonchev–Trinajstić information content (AvgIpc) is 3.40. The molecule has 2 saturated heterocycles. The van der Waals surface area contributed by atoms with Gasteiger partial charge in [-0.05, 0) is 30.9 Å². The highest BCUT2D eigenvalue weighted by molar-refractivity contribution is 7.92. The van der Waals surface area contributed by atoms with Gasteiger partial charge < -0.3 is 14.1 Å². The topological polar surface area (TPSA) is 93.9 Å². The molecule has 7 nitrogen and oxygen atoms in total. The Labute approximate surface area is 165 Å². The number of ketones is 1. The van der Waals surface area contributed by atoms with Gasteiger partial charge in [-0.1, -0.05) is 32.1 Å². The molecule has 4 rings (SSSR count). The number of Topliss-reactive ketones (excluding diaryl/α,β-unsaturated/α-hetero) is 1. The van der Waals surface area contributed by atoms with Gasteiger partial charge >= 0.3 is 0 Å². The molecule has 3 atom stereocenters. The molecule has 1 saturated carbocycles. The van der Waals surface area contributed by atoms with Crippen molar-refractivity contribution < 1.29 is 27.2 Å². The summed E-state index contributed by atoms with van der Waals surface area (Å²) in [6, 6.07) is 2.63. The van der Waals surface area contributed by atoms with Gasteiger partial charge in [-0.25, -0.2) is 8.42 Å². The molecule has 3 fully saturated rings. The van der Waals surface area contributed by atoms with Crippen LogP contribution in [0.5, 0.6) is 0 Å². The van der Waals surface area contributed by atoms with E-state index in [1.54, 1.807) is 12.1 Å². The fourth-order valence-corrected chi connectivity index (χ4v) is 6.62. The maximum absolute atomic E-state index is 13.4. The fourth-order valence-electron chi connectivity index (χ4n) is 4.85. The van der Waals surface area contributed by atoms with E-state index in [2.05, 4.69) is 0 Å². The van der Waals surface area contributed by atoms with E-state index in [0.29, 0.717) is 25.1 Å². The van der Waals surface area contributed by atoms with Crippen molar-refractivity contribution in [2.45, 2.75) is 68.1 Å². The monoisotopic (exact) mass is 409 g/mol. The van der Waals surface area contributed by atoms with Crippen molar-refractivity contribution in [3.63, 3.8) is 0 Å². The number of hydrogen-bond donors (Lipinski definition) is 0. The smallest absolute Gasteiger partial charge is 0.241 e. The van der Waals surface area contributed by atoms with Crippen molar-refractivity contribution in [2.24, 2.45) is 5.92 Å². The molecule has 8 heteroatoms. The van der Waals surface area contributed by atoms with Crippen molar-refractivity contribution in [3.05, 3.63) is 24.2 Å². The minimum atomic E-state index is -3.76. The molecule has 3 aliphatic rings. The van der Waals surface area contributed by atoms with Crippen LogP contribution in [-0.2, 0) is 29.9 Å². The number of nitrogens with zero attached hydrogens (tertiary/aromatic N) is 1. The van der Waals surface area contributed by atoms with E-state index in [1.165, 1.54) is 11.2 Å². The number of furan rings is 1. The highest BCUT2D eigenvalue weighted by atomic mass is 32.2. The minimum Gasteiger partial charge on any atom is -0.468 e. The number of likely N-dealkylation sites (tertiary alicyclic amines) is 1. The summed E-state index contributed by atoms with van der Waals surface area (Å²) in [5, 5.41) is -1.13. The SMILES string of the molecule is O=C1COC2CCN(C(=O)[C@H](CC3CCCCC3)S(=O)(=O)Cc3ccco3)C12. The quantitative estimate of drug-likeness (QED) is 0.714. The number of rotatable bonds is 6. The lowest BCUT2D eigenvalue weighted by Gasteiger charge is -2.30. The van der Waals surface area contributed by atoms with Gasteiger partial charge in [-0.2, -0.15) is 0 Å². The van der Waals surface area contributed by atoms with Gasteiger partial charge in [0.25, 0.3) is 0 Å². The summed E-state index contributed by atoms with van der Waals surface area (Å²) in [6.07, 6.45) is 7.26. The van der Waals surface area contributed by atoms with Crippen molar-refractivity contribution in [2.75, 3.05) is 13.2 Å². The van der Waals surface area contributed by atoms with Gasteiger partial charge in [0.05, 0.1) is 12.4 Å². The summed E-state index contributed by atoms with van der Waals surface area (Å²) in [6.45, 7) is 0.378. The molecule has 0 spiro atoms. The third-order valence-corrected chi connectivity index (χ3v) is 8.25. The Kier molecular flexibility index (Phi) is 5.60. The van der Waals surface area contributed by atoms with Crippen LogP contribution in [0.3, 0.4) is 0 Å². The molecular formula is C20H27NO6S. The first kappa shape index (κ1) is 19.6. The van der Waals surface area contributed by atoms with Gasteiger partial charge in [-0.15, -0.1) is 0 Å². The Morgan fingerprint density at radius 3 is 2.71 bits per heavy atom. The van der Waals surface area contributed by atoms with Gasteiger partial charge in [0.15, 0.2) is 15.6 Å². The molecule has 1 aromatic rings. The number of sulfone groups is 1. The van der Waals surface area contributed by atoms with Gasteiger partial charge in [-0.3, -0.25) is 9.59 Å². The molecule has 3 heterocycles. The van der Waals surface area contributed by atoms with Crippen LogP contribution in [-0.4, -0.2) is 55.6 Å². The van der Waals surface area contributed by atoms with Gasteiger partial charge in [0.1, 0.15) is 29.4 Å². The van der Waals surface area contributed by atoms with Crippen molar-refractivity contribution in [3.8, 4) is 0 Å². The van der Waals surface area contributed by atoms with Crippen molar-refractivity contribution in [1.82, 2.24) is 4.90 Å². The Balaban J connectivity index is 1.58. The van der Waals surface area contributed by atoms with E-state index in [-0.39, 0.29) is 30.2 Å². The van der Waals surface area contributed by atoms with E-state index in [1.807, 2.05) is 0 Å². The lowest BCUT2D eigenvalue weighted by Crippen LogP contribution is -2.49. The summed E-state index contributed by atoms with van der Waals surface area (Å²) in [5.74, 6) is -0.307. The Bertz CT molecular complexity index is 812. The maximum atomic E-state index is 13.4. The molecule has 0 aromatic carbocycles. The lowest BCUT2D eigenvalue weighted by molar-refractivity contribution is -0.136. The number of carbonyl (C=O) groups excluding carboxylic acids is 2. The van der Waals surface area contributed by atoms with E-state index < -0.39 is 27.0 Å². The van der Waals surface area contributed by atoms with Crippen LogP contribution < -0.4 is 0 Å². The maximum Gasteiger partial charge on any atom is 0.241 e. The summed E-state index contributed by atoms with van der Waals surface area (Å²) in [5.41, 5.74) is 0. The van der Waals surface area contributed by atoms with Crippen LogP contribution in [0.1, 0.15) is 50.7 Å². The number of ether oxygens (including phenoxy) is 1. The summed E-state index contributed by atoms with van der Waals surface area (Å²) in [7, 11) is -3.76. The third kappa shape index (κ3) is 3.89. The second kappa shape index (κ2) is 7.99. The van der Waals surface area contributed by atoms with Gasteiger partial charge in [0.2, 0.25) is 5.91 Å². The number of hydrogen-bond acceptors (Lipinski definition) is 6. The minimum absolute atomic E-state index is 0.00551. The highest BCUT2D eigenvalue weighted by Crippen LogP contribution is 2.33. The van der Waals surface area contributed by atoms with E-state index in [9.17, 15) is 18.0 Å². The predicted molar refractivity (Wildman–Crippen MR) is 101 cm³/mol. The Morgan fingerprint density at radius 2 is 2.00 bits per heavy atom. The van der Waals surface area contributed by atoms with E-state index in [0.717, 1.165) is 32.1 Å². The molecule has 2 aliphatic heterocycles. The average molecular weight is 410 g/mol. The van der Waals surface area contributed by atoms with Crippen LogP contribution in [0, 0.1) is 5.92 Å². The molecule has 1 amide bonds. The molecule has 154 valence electrons. The second-order valence-corrected chi connectivity index (χ2v) is 10.4. The molecule has 28 heavy (non-hydrogen) atoms. The number of fused-ring (bicyclic) bond motifs is 1. The Hall–Kier alpha value is -1.67. The lowest BCUT2D eigenvalue weighted by atomic mass is 9.86. The number of amides is 1. The molecule has 0 bridgehead atoms. The third-order valence-electron chi connectivity index (χ3n) is 6.30. The molecule has 1 aromatic heterocycles. The van der Waals surface area contributed by atoms with E-state index >= 15 is 0 Å². The van der Waals surface area contributed by atoms with Crippen LogP contribution in [0.2, 0.25) is 0 Å². The normalized spacial score (nSPS) is 27.1. The predicted octanol–water partition coefficient (Wildman–Crippen LogP) is 2.10. The van der Waals surface area contributed by atoms with Crippen molar-refractivity contribution >= 4 is 21.5 Å². The van der Waals surface area contributed by atoms with Crippen LogP contribution >= 0.6 is 0 Å². The summed E-state index contributed by atoms with van der Waals surface area (Å²) in [4.78, 5) is 27.1. The molecule has 0 N–H and O–H groups in total. The molecular weight excluding hydrogens is 382 g/mol. The largest absolute Gasteiger partial charge is 0.468 e. The van der Waals surface area contributed by atoms with Gasteiger partial charge in [0, 0.05) is 6.54 Å². The number of carbonyl (C=O) groups is 2. The first-order valence-electron chi connectivity index (χ1n) is 10.1. The molecule has 1 aliphatic carbocycles. The second-order valence-electron chi connectivity index (χ2n) is 8.20. The van der Waals surface area contributed by atoms with Crippen LogP contribution in [0.25, 0.3) is 0 Å². The highest BCUT2D eigenvalue weighted by Gasteiger charge is 2.50. The zero-order valence-corrected chi connectivity index (χ0v) is 16.7. The Morgan fingerprint density at radius 1 is 1.21 bits per heavy atom. The summed E-state index contributed by atoms with van der Waals surface area (Å²) >= 11 is 0. The molecule has 0 radical (unpaired) electrons. The van der Waals surface area contributed by atoms with Crippen molar-refractivity contribution in [1.29, 1.82) is 0 Å². The summed E-state index contributed by atoms with van der Waals surface area (Å²) < 4.78 is 37.1. The van der Waals surface area contributed by atoms with E-state index in [4.69, 9.17) is 9.15 Å². The zero-order valence-electron chi connectivity index (χ0n) is 15.9. The fraction of sp³-hybridized carbons (Fsp3) is 0.700. The van der Waals surface area contributed by atoms with Crippen LogP contribution in [0.15, 0.2) is 22.8 Å².